The molecule has 0 unspecified atom stereocenters. The molecule has 11 heteroatoms. The largest absolute Gasteiger partial charge is 0.394 e. The predicted octanol–water partition coefficient (Wildman–Crippen LogP) is 0.0304. The molecule has 2 heterocycles. The van der Waals surface area contributed by atoms with Crippen molar-refractivity contribution in [2.75, 3.05) is 6.61 Å². The second kappa shape index (κ2) is 6.27. The van der Waals surface area contributed by atoms with Gasteiger partial charge in [0.15, 0.2) is 0 Å². The van der Waals surface area contributed by atoms with Crippen LogP contribution >= 0.6 is 11.6 Å². The van der Waals surface area contributed by atoms with E-state index in [1.54, 1.807) is 6.92 Å². The van der Waals surface area contributed by atoms with Gasteiger partial charge in [-0.1, -0.05) is 12.0 Å². The molecule has 22 heavy (non-hydrogen) atoms. The summed E-state index contributed by atoms with van der Waals surface area (Å²) in [6.07, 6.45) is -4.03. The van der Waals surface area contributed by atoms with Gasteiger partial charge in [-0.05, 0) is 12.0 Å². The number of rotatable bonds is 4. The van der Waals surface area contributed by atoms with Gasteiger partial charge in [0.2, 0.25) is 0 Å². The van der Waals surface area contributed by atoms with E-state index in [9.17, 15) is 14.7 Å². The normalized spacial score (nSPS) is 38.6. The van der Waals surface area contributed by atoms with Gasteiger partial charge >= 0.3 is 6.03 Å². The van der Waals surface area contributed by atoms with Crippen molar-refractivity contribution in [1.29, 1.82) is 0 Å². The summed E-state index contributed by atoms with van der Waals surface area (Å²) in [7, 11) is 0. The number of aliphatic hydroxyl groups excluding tert-OH is 2. The number of hydrogen-bond acceptors (Lipinski definition) is 6. The first-order valence-corrected chi connectivity index (χ1v) is 7.08. The Kier molecular flexibility index (Phi) is 4.78. The molecule has 0 aromatic heterocycles. The summed E-state index contributed by atoms with van der Waals surface area (Å²) in [5.74, 6) is -0.757. The molecule has 0 bridgehead atoms. The average Bonchev–Trinajstić information content (AvgIpc) is 2.85. The number of urea groups is 1. The van der Waals surface area contributed by atoms with Crippen molar-refractivity contribution >= 4 is 23.5 Å². The smallest absolute Gasteiger partial charge is 0.326 e. The molecule has 2 aliphatic heterocycles. The van der Waals surface area contributed by atoms with Crippen molar-refractivity contribution < 1.29 is 24.5 Å². The van der Waals surface area contributed by atoms with E-state index in [-0.39, 0.29) is 12.8 Å². The second-order valence-electron chi connectivity index (χ2n) is 5.08. The van der Waals surface area contributed by atoms with Crippen molar-refractivity contribution in [3.8, 4) is 0 Å². The van der Waals surface area contributed by atoms with E-state index >= 15 is 0 Å². The first kappa shape index (κ1) is 16.8. The Morgan fingerprint density at radius 1 is 1.64 bits per heavy atom. The molecule has 5 atom stereocenters. The van der Waals surface area contributed by atoms with Crippen LogP contribution in [0.25, 0.3) is 10.4 Å². The van der Waals surface area contributed by atoms with E-state index in [1.165, 1.54) is 0 Å². The summed E-state index contributed by atoms with van der Waals surface area (Å²) < 4.78 is 5.39. The van der Waals surface area contributed by atoms with Gasteiger partial charge in [-0.15, -0.1) is 11.6 Å². The van der Waals surface area contributed by atoms with Crippen LogP contribution in [0.4, 0.5) is 4.79 Å². The number of carbonyl (C=O) groups is 2. The number of hydrogen-bond donors (Lipinski definition) is 3. The second-order valence-corrected chi connectivity index (χ2v) is 5.75. The third-order valence-electron chi connectivity index (χ3n) is 3.88. The highest BCUT2D eigenvalue weighted by Crippen LogP contribution is 2.36. The lowest BCUT2D eigenvalue weighted by atomic mass is 9.97. The molecule has 2 saturated heterocycles. The third-order valence-corrected chi connectivity index (χ3v) is 4.51. The maximum Gasteiger partial charge on any atom is 0.326 e. The minimum absolute atomic E-state index is 0.000961. The number of imide groups is 1. The predicted molar refractivity (Wildman–Crippen MR) is 73.6 cm³/mol. The zero-order valence-corrected chi connectivity index (χ0v) is 12.5. The summed E-state index contributed by atoms with van der Waals surface area (Å²) in [6.45, 7) is 1.18. The van der Waals surface area contributed by atoms with Crippen LogP contribution in [0.5, 0.6) is 0 Å². The summed E-state index contributed by atoms with van der Waals surface area (Å²) in [6, 6.07) is -0.831. The highest BCUT2D eigenvalue weighted by Gasteiger charge is 2.55. The van der Waals surface area contributed by atoms with Crippen LogP contribution in [-0.4, -0.2) is 63.1 Å². The Balaban J connectivity index is 2.37. The minimum Gasteiger partial charge on any atom is -0.394 e. The van der Waals surface area contributed by atoms with Gasteiger partial charge in [0.25, 0.3) is 5.91 Å². The molecule has 0 saturated carbocycles. The molecule has 2 rings (SSSR count). The number of ether oxygens (including phenoxy) is 1. The summed E-state index contributed by atoms with van der Waals surface area (Å²) in [5, 5.41) is 24.5. The van der Waals surface area contributed by atoms with Crippen LogP contribution in [-0.2, 0) is 9.53 Å². The summed E-state index contributed by atoms with van der Waals surface area (Å²) >= 11 is 6.26. The molecule has 3 amide bonds. The monoisotopic (exact) mass is 333 g/mol. The quantitative estimate of drug-likeness (QED) is 0.287. The molecule has 0 aromatic rings. The van der Waals surface area contributed by atoms with E-state index < -0.39 is 48.0 Å². The summed E-state index contributed by atoms with van der Waals surface area (Å²) in [4.78, 5) is 26.1. The number of alkyl halides is 1. The fraction of sp³-hybridized carbons (Fsp3) is 0.818. The molecule has 0 radical (unpaired) electrons. The maximum atomic E-state index is 12.1. The fourth-order valence-corrected chi connectivity index (χ4v) is 2.79. The number of amides is 3. The van der Waals surface area contributed by atoms with Gasteiger partial charge in [-0.2, -0.15) is 0 Å². The van der Waals surface area contributed by atoms with Gasteiger partial charge in [-0.25, -0.2) is 4.79 Å². The lowest BCUT2D eigenvalue weighted by molar-refractivity contribution is -0.131. The topological polar surface area (TPSA) is 148 Å². The zero-order valence-electron chi connectivity index (χ0n) is 11.7. The number of aliphatic hydroxyl groups is 2. The molecule has 10 nitrogen and oxygen atoms in total. The van der Waals surface area contributed by atoms with E-state index in [0.29, 0.717) is 0 Å². The minimum atomic E-state index is -1.63. The SMILES string of the molecule is CC[C@]1(Cl)C(=O)NC(=O)N([C@H]2C[C@H](O)[C@@H](CO)O2)[C@H]1N=[N+]=[N-]. The van der Waals surface area contributed by atoms with Crippen molar-refractivity contribution in [2.24, 2.45) is 5.11 Å². The number of nitrogens with one attached hydrogen (secondary N) is 1. The first-order chi connectivity index (χ1) is 10.4. The number of halogens is 1. The molecule has 2 fully saturated rings. The molecule has 3 N–H and O–H groups in total. The zero-order chi connectivity index (χ0) is 16.5. The van der Waals surface area contributed by atoms with Crippen molar-refractivity contribution in [1.82, 2.24) is 10.2 Å². The lowest BCUT2D eigenvalue weighted by Gasteiger charge is -2.44. The Morgan fingerprint density at radius 2 is 2.32 bits per heavy atom. The molecular weight excluding hydrogens is 318 g/mol. The van der Waals surface area contributed by atoms with Gasteiger partial charge in [0.05, 0.1) is 12.7 Å². The molecule has 122 valence electrons. The standard InChI is InChI=1S/C11H16ClN5O5/c1-2-11(12)8(15-16-13)17(10(21)14-9(11)20)7-3-5(19)6(4-18)22-7/h5-8,18-19H,2-4H2,1H3,(H,14,20,21)/t5-,6+,7+,8+,11+/m0/s1. The fourth-order valence-electron chi connectivity index (χ4n) is 2.59. The number of carbonyl (C=O) groups excluding carboxylic acids is 2. The Labute approximate surface area is 130 Å². The van der Waals surface area contributed by atoms with Gasteiger partial charge in [0.1, 0.15) is 23.4 Å². The van der Waals surface area contributed by atoms with Gasteiger partial charge in [-0.3, -0.25) is 15.0 Å². The maximum absolute atomic E-state index is 12.1. The molecule has 0 aromatic carbocycles. The van der Waals surface area contributed by atoms with Crippen molar-refractivity contribution in [3.63, 3.8) is 0 Å². The Bertz CT molecular complexity index is 527. The van der Waals surface area contributed by atoms with Crippen molar-refractivity contribution in [2.45, 2.75) is 49.2 Å². The van der Waals surface area contributed by atoms with Crippen molar-refractivity contribution in [3.05, 3.63) is 10.4 Å². The molecule has 2 aliphatic rings. The highest BCUT2D eigenvalue weighted by molar-refractivity contribution is 6.37. The highest BCUT2D eigenvalue weighted by atomic mass is 35.5. The van der Waals surface area contributed by atoms with E-state index in [2.05, 4.69) is 15.3 Å². The molecule has 0 aliphatic carbocycles. The summed E-state index contributed by atoms with van der Waals surface area (Å²) in [5.41, 5.74) is 8.73. The van der Waals surface area contributed by atoms with Gasteiger partial charge < -0.3 is 14.9 Å². The average molecular weight is 334 g/mol. The van der Waals surface area contributed by atoms with E-state index in [0.717, 1.165) is 4.90 Å². The number of azide groups is 1. The van der Waals surface area contributed by atoms with Crippen LogP contribution in [0, 0.1) is 0 Å². The number of nitrogens with zero attached hydrogens (tertiary/aromatic N) is 4. The Hall–Kier alpha value is -1.58. The van der Waals surface area contributed by atoms with Crippen LogP contribution in [0.15, 0.2) is 5.11 Å². The van der Waals surface area contributed by atoms with Gasteiger partial charge in [0, 0.05) is 11.3 Å². The Morgan fingerprint density at radius 3 is 2.82 bits per heavy atom. The van der Waals surface area contributed by atoms with Crippen LogP contribution < -0.4 is 5.32 Å². The van der Waals surface area contributed by atoms with Crippen LogP contribution in [0.2, 0.25) is 0 Å². The molecular formula is C11H16ClN5O5. The van der Waals surface area contributed by atoms with Crippen LogP contribution in [0.1, 0.15) is 19.8 Å². The van der Waals surface area contributed by atoms with E-state index in [1.807, 2.05) is 0 Å². The lowest BCUT2D eigenvalue weighted by Crippen LogP contribution is -2.68. The van der Waals surface area contributed by atoms with Crippen LogP contribution in [0.3, 0.4) is 0 Å². The first-order valence-electron chi connectivity index (χ1n) is 6.70. The third kappa shape index (κ3) is 2.59. The van der Waals surface area contributed by atoms with E-state index in [4.69, 9.17) is 27.0 Å². The molecule has 0 spiro atoms.